The van der Waals surface area contributed by atoms with Gasteiger partial charge < -0.3 is 30.0 Å². The SMILES string of the molecule is CC(C)(C)OC(=O)CC(Cc1ccc(-c2ccccc2)cc1)NC(=O)OC(C)(C)C.CC(C)(C)OC(=O)NC(CC(=O)O)Cc1ccc(-c2ccccc2)cc1. The number of rotatable bonds is 12. The average molecular weight is 767 g/mol. The van der Waals surface area contributed by atoms with Gasteiger partial charge in [0, 0.05) is 12.1 Å². The molecule has 2 atom stereocenters. The number of carboxylic acids is 1. The number of aliphatic carboxylic acids is 1. The molecule has 0 aromatic heterocycles. The van der Waals surface area contributed by atoms with E-state index in [0.717, 1.165) is 33.4 Å². The molecule has 0 bridgehead atoms. The van der Waals surface area contributed by atoms with E-state index < -0.39 is 47.0 Å². The second-order valence-electron chi connectivity index (χ2n) is 16.6. The van der Waals surface area contributed by atoms with Crippen molar-refractivity contribution in [1.82, 2.24) is 10.6 Å². The van der Waals surface area contributed by atoms with Gasteiger partial charge in [-0.1, -0.05) is 109 Å². The van der Waals surface area contributed by atoms with E-state index in [4.69, 9.17) is 19.3 Å². The van der Waals surface area contributed by atoms with E-state index in [-0.39, 0.29) is 18.8 Å². The number of nitrogens with one attached hydrogen (secondary N) is 2. The molecule has 0 aliphatic heterocycles. The van der Waals surface area contributed by atoms with Gasteiger partial charge in [0.05, 0.1) is 12.8 Å². The maximum atomic E-state index is 12.4. The van der Waals surface area contributed by atoms with Gasteiger partial charge in [-0.3, -0.25) is 9.59 Å². The first-order chi connectivity index (χ1) is 26.1. The maximum Gasteiger partial charge on any atom is 0.407 e. The molecule has 4 aromatic rings. The van der Waals surface area contributed by atoms with Crippen LogP contribution in [-0.4, -0.2) is 58.1 Å². The minimum atomic E-state index is -0.966. The van der Waals surface area contributed by atoms with Gasteiger partial charge in [0.15, 0.2) is 0 Å². The van der Waals surface area contributed by atoms with Gasteiger partial charge in [-0.2, -0.15) is 0 Å². The van der Waals surface area contributed by atoms with E-state index in [0.29, 0.717) is 12.8 Å². The van der Waals surface area contributed by atoms with E-state index in [9.17, 15) is 19.2 Å². The van der Waals surface area contributed by atoms with Gasteiger partial charge in [-0.25, -0.2) is 9.59 Å². The van der Waals surface area contributed by atoms with E-state index >= 15 is 0 Å². The van der Waals surface area contributed by atoms with Crippen LogP contribution in [0.2, 0.25) is 0 Å². The highest BCUT2D eigenvalue weighted by molar-refractivity contribution is 5.74. The molecule has 0 radical (unpaired) electrons. The molecule has 2 amide bonds. The summed E-state index contributed by atoms with van der Waals surface area (Å²) in [4.78, 5) is 47.7. The Morgan fingerprint density at radius 3 is 1.12 bits per heavy atom. The summed E-state index contributed by atoms with van der Waals surface area (Å²) in [6, 6.07) is 35.2. The van der Waals surface area contributed by atoms with Crippen LogP contribution in [0.5, 0.6) is 0 Å². The van der Waals surface area contributed by atoms with E-state index in [1.807, 2.05) is 118 Å². The second kappa shape index (κ2) is 20.3. The first kappa shape index (κ1) is 44.8. The summed E-state index contributed by atoms with van der Waals surface area (Å²) in [5.41, 5.74) is 4.60. The van der Waals surface area contributed by atoms with E-state index in [1.165, 1.54) is 0 Å². The van der Waals surface area contributed by atoms with Crippen molar-refractivity contribution < 1.29 is 38.5 Å². The van der Waals surface area contributed by atoms with Crippen LogP contribution in [0.4, 0.5) is 9.59 Å². The van der Waals surface area contributed by atoms with Crippen molar-refractivity contribution in [3.63, 3.8) is 0 Å². The molecule has 0 saturated carbocycles. The molecular weight excluding hydrogens is 709 g/mol. The standard InChI is InChI=1S/C25H33NO4.C21H25NO4/c1-24(2,3)29-22(27)17-21(26-23(28)30-25(4,5)6)16-18-12-14-20(15-13-18)19-10-8-7-9-11-19;1-21(2,3)26-20(25)22-18(14-19(23)24)13-15-9-11-17(12-10-15)16-7-5-4-6-8-16/h7-15,21H,16-17H2,1-6H3,(H,26,28);4-12,18H,13-14H2,1-3H3,(H,22,25)(H,23,24). The summed E-state index contributed by atoms with van der Waals surface area (Å²) < 4.78 is 16.0. The Morgan fingerprint density at radius 1 is 0.482 bits per heavy atom. The topological polar surface area (TPSA) is 140 Å². The number of carbonyl (C=O) groups is 4. The van der Waals surface area contributed by atoms with Crippen LogP contribution in [0.25, 0.3) is 22.3 Å². The first-order valence-corrected chi connectivity index (χ1v) is 18.9. The van der Waals surface area contributed by atoms with Gasteiger partial charge in [0.1, 0.15) is 16.8 Å². The monoisotopic (exact) mass is 766 g/mol. The van der Waals surface area contributed by atoms with Crippen LogP contribution < -0.4 is 10.6 Å². The van der Waals surface area contributed by atoms with Gasteiger partial charge >= 0.3 is 24.1 Å². The van der Waals surface area contributed by atoms with Crippen molar-refractivity contribution in [3.8, 4) is 22.3 Å². The predicted molar refractivity (Wildman–Crippen MR) is 220 cm³/mol. The lowest BCUT2D eigenvalue weighted by atomic mass is 9.99. The number of carboxylic acid groups (broad SMARTS) is 1. The van der Waals surface area contributed by atoms with Crippen molar-refractivity contribution in [2.75, 3.05) is 0 Å². The third-order valence-corrected chi connectivity index (χ3v) is 7.78. The number of benzene rings is 4. The zero-order valence-corrected chi connectivity index (χ0v) is 34.2. The van der Waals surface area contributed by atoms with Crippen LogP contribution in [0.1, 0.15) is 86.3 Å². The number of esters is 1. The minimum Gasteiger partial charge on any atom is -0.481 e. The molecule has 10 heteroatoms. The Hall–Kier alpha value is -5.64. The van der Waals surface area contributed by atoms with Crippen LogP contribution in [0.3, 0.4) is 0 Å². The highest BCUT2D eigenvalue weighted by Crippen LogP contribution is 2.22. The highest BCUT2D eigenvalue weighted by atomic mass is 16.6. The molecule has 3 N–H and O–H groups in total. The molecule has 0 fully saturated rings. The molecule has 2 unspecified atom stereocenters. The number of ether oxygens (including phenoxy) is 3. The molecule has 0 saturated heterocycles. The van der Waals surface area contributed by atoms with E-state index in [1.54, 1.807) is 41.5 Å². The number of carbonyl (C=O) groups excluding carboxylic acids is 3. The summed E-state index contributed by atoms with van der Waals surface area (Å²) in [7, 11) is 0. The van der Waals surface area contributed by atoms with Crippen LogP contribution >= 0.6 is 0 Å². The fraction of sp³-hybridized carbons (Fsp3) is 0.391. The maximum absolute atomic E-state index is 12.4. The summed E-state index contributed by atoms with van der Waals surface area (Å²) in [6.07, 6.45) is -0.341. The Morgan fingerprint density at radius 2 is 0.804 bits per heavy atom. The number of alkyl carbamates (subject to hydrolysis) is 2. The second-order valence-corrected chi connectivity index (χ2v) is 16.6. The summed E-state index contributed by atoms with van der Waals surface area (Å²) in [6.45, 7) is 16.2. The summed E-state index contributed by atoms with van der Waals surface area (Å²) in [5, 5.41) is 14.6. The first-order valence-electron chi connectivity index (χ1n) is 18.9. The third-order valence-electron chi connectivity index (χ3n) is 7.78. The summed E-state index contributed by atoms with van der Waals surface area (Å²) >= 11 is 0. The largest absolute Gasteiger partial charge is 0.481 e. The number of hydrogen-bond donors (Lipinski definition) is 3. The molecule has 300 valence electrons. The molecule has 0 heterocycles. The van der Waals surface area contributed by atoms with Crippen molar-refractivity contribution in [3.05, 3.63) is 120 Å². The Bertz CT molecular complexity index is 1810. The molecule has 10 nitrogen and oxygen atoms in total. The smallest absolute Gasteiger partial charge is 0.407 e. The lowest BCUT2D eigenvalue weighted by Gasteiger charge is -2.25. The van der Waals surface area contributed by atoms with Crippen LogP contribution in [0.15, 0.2) is 109 Å². The Kier molecular flexibility index (Phi) is 16.2. The predicted octanol–water partition coefficient (Wildman–Crippen LogP) is 9.79. The van der Waals surface area contributed by atoms with Gasteiger partial charge in [-0.05, 0) is 109 Å². The third kappa shape index (κ3) is 18.1. The van der Waals surface area contributed by atoms with Gasteiger partial charge in [0.25, 0.3) is 0 Å². The fourth-order valence-corrected chi connectivity index (χ4v) is 5.59. The fourth-order valence-electron chi connectivity index (χ4n) is 5.59. The lowest BCUT2D eigenvalue weighted by molar-refractivity contribution is -0.155. The average Bonchev–Trinajstić information content (AvgIpc) is 3.07. The molecule has 0 aliphatic rings. The van der Waals surface area contributed by atoms with Gasteiger partial charge in [-0.15, -0.1) is 0 Å². The van der Waals surface area contributed by atoms with Crippen molar-refractivity contribution >= 4 is 24.1 Å². The lowest BCUT2D eigenvalue weighted by Crippen LogP contribution is -2.42. The molecule has 4 aromatic carbocycles. The normalized spacial score (nSPS) is 12.5. The Labute approximate surface area is 332 Å². The van der Waals surface area contributed by atoms with Crippen LogP contribution in [-0.2, 0) is 36.6 Å². The van der Waals surface area contributed by atoms with Crippen LogP contribution in [0, 0.1) is 0 Å². The molecule has 0 aliphatic carbocycles. The number of hydrogen-bond acceptors (Lipinski definition) is 7. The zero-order chi connectivity index (χ0) is 41.5. The molecule has 4 rings (SSSR count). The molecule has 56 heavy (non-hydrogen) atoms. The quantitative estimate of drug-likeness (QED) is 0.0957. The summed E-state index contributed by atoms with van der Waals surface area (Å²) in [5.74, 6) is -1.32. The highest BCUT2D eigenvalue weighted by Gasteiger charge is 2.25. The van der Waals surface area contributed by atoms with Crippen molar-refractivity contribution in [2.24, 2.45) is 0 Å². The van der Waals surface area contributed by atoms with Crippen molar-refractivity contribution in [1.29, 1.82) is 0 Å². The minimum absolute atomic E-state index is 0.0664. The van der Waals surface area contributed by atoms with Crippen molar-refractivity contribution in [2.45, 2.75) is 117 Å². The van der Waals surface area contributed by atoms with E-state index in [2.05, 4.69) is 22.8 Å². The Balaban J connectivity index is 0.000000303. The molecular formula is C46H58N2O8. The zero-order valence-electron chi connectivity index (χ0n) is 34.2. The molecule has 0 spiro atoms. The van der Waals surface area contributed by atoms with Gasteiger partial charge in [0.2, 0.25) is 0 Å². The number of amides is 2.